The Morgan fingerprint density at radius 3 is 1.62 bits per heavy atom. The average Bonchev–Trinajstić information content (AvgIpc) is 2.80. The van der Waals surface area contributed by atoms with E-state index in [1.54, 1.807) is 24.3 Å². The van der Waals surface area contributed by atoms with Crippen molar-refractivity contribution in [2.75, 3.05) is 0 Å². The van der Waals surface area contributed by atoms with E-state index in [2.05, 4.69) is 46.4 Å². The number of phenols is 2. The molecule has 0 spiro atoms. The van der Waals surface area contributed by atoms with Crippen LogP contribution in [-0.4, -0.2) is 10.2 Å². The van der Waals surface area contributed by atoms with E-state index in [9.17, 15) is 10.2 Å². The SMILES string of the molecule is C=C/C(=C\C=C(/C)Oc1ccc(C(C)(C)c2ccc(O)cc2)cc1)C(C)(C)c1ccc(O)cc1. The summed E-state index contributed by atoms with van der Waals surface area (Å²) in [6, 6.07) is 22.7. The number of hydrogen-bond donors (Lipinski definition) is 2. The van der Waals surface area contributed by atoms with Crippen LogP contribution in [0.1, 0.15) is 51.3 Å². The molecule has 176 valence electrons. The molecule has 0 heterocycles. The minimum absolute atomic E-state index is 0.196. The Hall–Kier alpha value is -3.72. The van der Waals surface area contributed by atoms with Gasteiger partial charge in [-0.05, 0) is 71.7 Å². The zero-order chi connectivity index (χ0) is 24.9. The maximum Gasteiger partial charge on any atom is 0.126 e. The number of rotatable bonds is 8. The average molecular weight is 455 g/mol. The van der Waals surface area contributed by atoms with Gasteiger partial charge in [-0.15, -0.1) is 0 Å². The van der Waals surface area contributed by atoms with E-state index >= 15 is 0 Å². The molecule has 0 fully saturated rings. The van der Waals surface area contributed by atoms with Crippen LogP contribution in [0, 0.1) is 0 Å². The lowest BCUT2D eigenvalue weighted by atomic mass is 9.77. The zero-order valence-corrected chi connectivity index (χ0v) is 20.7. The highest BCUT2D eigenvalue weighted by atomic mass is 16.5. The summed E-state index contributed by atoms with van der Waals surface area (Å²) in [6.45, 7) is 14.5. The van der Waals surface area contributed by atoms with Gasteiger partial charge in [0.1, 0.15) is 23.0 Å². The monoisotopic (exact) mass is 454 g/mol. The summed E-state index contributed by atoms with van der Waals surface area (Å²) in [4.78, 5) is 0. The predicted octanol–water partition coefficient (Wildman–Crippen LogP) is 7.80. The van der Waals surface area contributed by atoms with Crippen LogP contribution in [0.5, 0.6) is 17.2 Å². The Kier molecular flexibility index (Phi) is 7.36. The minimum atomic E-state index is -0.270. The molecule has 3 aromatic carbocycles. The first-order chi connectivity index (χ1) is 16.0. The third-order valence-corrected chi connectivity index (χ3v) is 6.47. The highest BCUT2D eigenvalue weighted by Crippen LogP contribution is 2.34. The van der Waals surface area contributed by atoms with Gasteiger partial charge in [0.25, 0.3) is 0 Å². The summed E-state index contributed by atoms with van der Waals surface area (Å²) in [5.74, 6) is 2.06. The van der Waals surface area contributed by atoms with Crippen LogP contribution in [0.15, 0.2) is 109 Å². The highest BCUT2D eigenvalue weighted by molar-refractivity contribution is 5.44. The molecule has 3 nitrogen and oxygen atoms in total. The molecule has 0 unspecified atom stereocenters. The van der Waals surface area contributed by atoms with Gasteiger partial charge in [-0.2, -0.15) is 0 Å². The van der Waals surface area contributed by atoms with Crippen molar-refractivity contribution in [3.05, 3.63) is 126 Å². The van der Waals surface area contributed by atoms with Crippen molar-refractivity contribution in [1.82, 2.24) is 0 Å². The molecule has 3 rings (SSSR count). The number of allylic oxidation sites excluding steroid dienone is 5. The molecule has 0 saturated carbocycles. The first-order valence-electron chi connectivity index (χ1n) is 11.4. The molecule has 3 aromatic rings. The molecule has 0 amide bonds. The molecular weight excluding hydrogens is 420 g/mol. The number of aromatic hydroxyl groups is 2. The Labute approximate surface area is 203 Å². The van der Waals surface area contributed by atoms with Gasteiger partial charge >= 0.3 is 0 Å². The van der Waals surface area contributed by atoms with Gasteiger partial charge in [0.2, 0.25) is 0 Å². The second-order valence-electron chi connectivity index (χ2n) is 9.57. The Balaban J connectivity index is 1.75. The first kappa shape index (κ1) is 24.9. The quantitative estimate of drug-likeness (QED) is 0.270. The Morgan fingerprint density at radius 2 is 1.15 bits per heavy atom. The standard InChI is InChI=1S/C31H34O3/c1-7-23(30(3,4)24-10-16-27(32)17-11-24)9-8-22(2)34-29-20-14-26(15-21-29)31(5,6)25-12-18-28(33)19-13-25/h7-21,32-33H,1H2,2-6H3/b22-8+,23-9+. The van der Waals surface area contributed by atoms with Crippen molar-refractivity contribution in [3.63, 3.8) is 0 Å². The minimum Gasteiger partial charge on any atom is -0.508 e. The summed E-state index contributed by atoms with van der Waals surface area (Å²) in [5, 5.41) is 19.2. The molecule has 2 N–H and O–H groups in total. The van der Waals surface area contributed by atoms with Crippen molar-refractivity contribution in [2.45, 2.75) is 45.4 Å². The summed E-state index contributed by atoms with van der Waals surface area (Å²) >= 11 is 0. The molecule has 0 radical (unpaired) electrons. The molecule has 0 aromatic heterocycles. The van der Waals surface area contributed by atoms with Gasteiger partial charge in [0.05, 0.1) is 0 Å². The topological polar surface area (TPSA) is 49.7 Å². The fraction of sp³-hybridized carbons (Fsp3) is 0.226. The zero-order valence-electron chi connectivity index (χ0n) is 20.7. The van der Waals surface area contributed by atoms with Crippen molar-refractivity contribution in [2.24, 2.45) is 0 Å². The van der Waals surface area contributed by atoms with Crippen LogP contribution in [0.2, 0.25) is 0 Å². The molecule has 0 saturated heterocycles. The lowest BCUT2D eigenvalue weighted by Crippen LogP contribution is -2.19. The molecule has 0 aliphatic carbocycles. The maximum absolute atomic E-state index is 9.59. The fourth-order valence-electron chi connectivity index (χ4n) is 3.99. The van der Waals surface area contributed by atoms with Crippen LogP contribution in [-0.2, 0) is 10.8 Å². The first-order valence-corrected chi connectivity index (χ1v) is 11.4. The molecule has 0 aliphatic rings. The highest BCUT2D eigenvalue weighted by Gasteiger charge is 2.24. The molecule has 0 atom stereocenters. The van der Waals surface area contributed by atoms with E-state index in [-0.39, 0.29) is 22.3 Å². The number of phenolic OH excluding ortho intramolecular Hbond substituents is 2. The van der Waals surface area contributed by atoms with Crippen LogP contribution in [0.4, 0.5) is 0 Å². The normalized spacial score (nSPS) is 13.0. The number of ether oxygens (including phenoxy) is 1. The van der Waals surface area contributed by atoms with Crippen LogP contribution in [0.3, 0.4) is 0 Å². The lowest BCUT2D eigenvalue weighted by molar-refractivity contribution is 0.427. The van der Waals surface area contributed by atoms with Crippen LogP contribution >= 0.6 is 0 Å². The summed E-state index contributed by atoms with van der Waals surface area (Å²) in [6.07, 6.45) is 5.84. The summed E-state index contributed by atoms with van der Waals surface area (Å²) < 4.78 is 6.05. The van der Waals surface area contributed by atoms with Crippen molar-refractivity contribution >= 4 is 0 Å². The smallest absolute Gasteiger partial charge is 0.126 e. The number of hydrogen-bond acceptors (Lipinski definition) is 3. The van der Waals surface area contributed by atoms with Crippen LogP contribution < -0.4 is 4.74 Å². The van der Waals surface area contributed by atoms with Gasteiger partial charge in [0, 0.05) is 10.8 Å². The fourth-order valence-corrected chi connectivity index (χ4v) is 3.99. The second kappa shape index (κ2) is 10.0. The number of benzene rings is 3. The predicted molar refractivity (Wildman–Crippen MR) is 140 cm³/mol. The van der Waals surface area contributed by atoms with Crippen molar-refractivity contribution in [3.8, 4) is 17.2 Å². The largest absolute Gasteiger partial charge is 0.508 e. The third kappa shape index (κ3) is 5.60. The van der Waals surface area contributed by atoms with E-state index in [0.29, 0.717) is 0 Å². The Morgan fingerprint density at radius 1 is 0.706 bits per heavy atom. The van der Waals surface area contributed by atoms with Crippen molar-refractivity contribution in [1.29, 1.82) is 0 Å². The Bertz CT molecular complexity index is 1180. The van der Waals surface area contributed by atoms with E-state index in [1.807, 2.05) is 61.5 Å². The summed E-state index contributed by atoms with van der Waals surface area (Å²) in [7, 11) is 0. The van der Waals surface area contributed by atoms with E-state index in [0.717, 1.165) is 33.8 Å². The lowest BCUT2D eigenvalue weighted by Gasteiger charge is -2.27. The molecular formula is C31H34O3. The van der Waals surface area contributed by atoms with Crippen LogP contribution in [0.25, 0.3) is 0 Å². The maximum atomic E-state index is 9.59. The molecule has 0 aliphatic heterocycles. The summed E-state index contributed by atoms with van der Waals surface area (Å²) in [5.41, 5.74) is 3.97. The van der Waals surface area contributed by atoms with E-state index in [1.165, 1.54) is 0 Å². The molecule has 34 heavy (non-hydrogen) atoms. The van der Waals surface area contributed by atoms with Crippen molar-refractivity contribution < 1.29 is 14.9 Å². The second-order valence-corrected chi connectivity index (χ2v) is 9.57. The molecule has 0 bridgehead atoms. The van der Waals surface area contributed by atoms with E-state index < -0.39 is 0 Å². The van der Waals surface area contributed by atoms with Gasteiger partial charge in [0.15, 0.2) is 0 Å². The van der Waals surface area contributed by atoms with E-state index in [4.69, 9.17) is 4.74 Å². The van der Waals surface area contributed by atoms with Gasteiger partial charge in [-0.3, -0.25) is 0 Å². The molecule has 3 heteroatoms. The van der Waals surface area contributed by atoms with Gasteiger partial charge in [-0.1, -0.05) is 82.8 Å². The van der Waals surface area contributed by atoms with Gasteiger partial charge < -0.3 is 14.9 Å². The van der Waals surface area contributed by atoms with Gasteiger partial charge in [-0.25, -0.2) is 0 Å². The third-order valence-electron chi connectivity index (χ3n) is 6.47.